The Kier molecular flexibility index (Phi) is 5.63. The molecule has 1 amide bonds. The molecule has 2 aliphatic heterocycles. The second-order valence-corrected chi connectivity index (χ2v) is 8.60. The van der Waals surface area contributed by atoms with E-state index in [1.807, 2.05) is 6.07 Å². The van der Waals surface area contributed by atoms with Crippen LogP contribution in [0, 0.1) is 0 Å². The molecular weight excluding hydrogens is 376 g/mol. The Hall–Kier alpha value is -2.53. The molecule has 2 heterocycles. The number of rotatable bonds is 4. The van der Waals surface area contributed by atoms with Crippen LogP contribution in [0.2, 0.25) is 0 Å². The van der Waals surface area contributed by atoms with Crippen LogP contribution < -0.4 is 14.8 Å². The van der Waals surface area contributed by atoms with Crippen LogP contribution in [0.3, 0.4) is 0 Å². The molecular formula is C25H30N2O3. The van der Waals surface area contributed by atoms with Crippen molar-refractivity contribution in [2.75, 3.05) is 26.3 Å². The molecule has 2 atom stereocenters. The number of fused-ring (bicyclic) bond motifs is 2. The number of benzene rings is 2. The van der Waals surface area contributed by atoms with Crippen molar-refractivity contribution in [1.82, 2.24) is 10.2 Å². The lowest BCUT2D eigenvalue weighted by Crippen LogP contribution is -2.39. The van der Waals surface area contributed by atoms with Crippen molar-refractivity contribution in [2.45, 2.75) is 50.6 Å². The maximum atomic E-state index is 12.9. The average molecular weight is 407 g/mol. The number of carbonyl (C=O) groups is 1. The van der Waals surface area contributed by atoms with Crippen LogP contribution in [0.5, 0.6) is 11.5 Å². The first kappa shape index (κ1) is 19.4. The predicted octanol–water partition coefficient (Wildman–Crippen LogP) is 4.18. The van der Waals surface area contributed by atoms with Gasteiger partial charge in [-0.1, -0.05) is 30.3 Å². The molecule has 1 aliphatic carbocycles. The smallest absolute Gasteiger partial charge is 0.234 e. The highest BCUT2D eigenvalue weighted by Gasteiger charge is 2.30. The van der Waals surface area contributed by atoms with E-state index in [-0.39, 0.29) is 18.0 Å². The van der Waals surface area contributed by atoms with E-state index in [2.05, 4.69) is 46.6 Å². The Bertz CT molecular complexity index is 913. The van der Waals surface area contributed by atoms with E-state index in [4.69, 9.17) is 9.47 Å². The van der Waals surface area contributed by atoms with Crippen molar-refractivity contribution in [3.63, 3.8) is 0 Å². The summed E-state index contributed by atoms with van der Waals surface area (Å²) >= 11 is 0. The zero-order valence-corrected chi connectivity index (χ0v) is 17.4. The van der Waals surface area contributed by atoms with Crippen molar-refractivity contribution in [1.29, 1.82) is 0 Å². The summed E-state index contributed by atoms with van der Waals surface area (Å²) in [6.45, 7) is 2.79. The quantitative estimate of drug-likeness (QED) is 0.828. The third kappa shape index (κ3) is 4.04. The Labute approximate surface area is 178 Å². The van der Waals surface area contributed by atoms with E-state index >= 15 is 0 Å². The molecule has 1 N–H and O–H groups in total. The van der Waals surface area contributed by atoms with Gasteiger partial charge in [0.2, 0.25) is 5.91 Å². The maximum Gasteiger partial charge on any atom is 0.234 e. The van der Waals surface area contributed by atoms with Crippen molar-refractivity contribution in [2.24, 2.45) is 0 Å². The third-order valence-electron chi connectivity index (χ3n) is 6.57. The maximum absolute atomic E-state index is 12.9. The van der Waals surface area contributed by atoms with Gasteiger partial charge in [-0.25, -0.2) is 0 Å². The summed E-state index contributed by atoms with van der Waals surface area (Å²) in [5.41, 5.74) is 3.88. The van der Waals surface area contributed by atoms with E-state index in [0.29, 0.717) is 19.8 Å². The van der Waals surface area contributed by atoms with Crippen molar-refractivity contribution >= 4 is 5.91 Å². The van der Waals surface area contributed by atoms with Gasteiger partial charge >= 0.3 is 0 Å². The highest BCUT2D eigenvalue weighted by molar-refractivity contribution is 5.78. The van der Waals surface area contributed by atoms with E-state index in [9.17, 15) is 4.79 Å². The summed E-state index contributed by atoms with van der Waals surface area (Å²) in [6, 6.07) is 15.2. The summed E-state index contributed by atoms with van der Waals surface area (Å²) < 4.78 is 11.6. The van der Waals surface area contributed by atoms with Gasteiger partial charge in [0.1, 0.15) is 0 Å². The van der Waals surface area contributed by atoms with E-state index in [1.165, 1.54) is 16.7 Å². The predicted molar refractivity (Wildman–Crippen MR) is 116 cm³/mol. The second-order valence-electron chi connectivity index (χ2n) is 8.60. The van der Waals surface area contributed by atoms with Gasteiger partial charge in [-0.15, -0.1) is 0 Å². The number of aryl methyl sites for hydroxylation is 1. The molecule has 5 nitrogen and oxygen atoms in total. The fourth-order valence-electron chi connectivity index (χ4n) is 5.11. The van der Waals surface area contributed by atoms with E-state index < -0.39 is 0 Å². The molecule has 0 saturated carbocycles. The first-order chi connectivity index (χ1) is 14.8. The fraction of sp³-hybridized carbons (Fsp3) is 0.480. The molecule has 30 heavy (non-hydrogen) atoms. The second kappa shape index (κ2) is 8.68. The minimum Gasteiger partial charge on any atom is -0.490 e. The summed E-state index contributed by atoms with van der Waals surface area (Å²) in [6.07, 6.45) is 6.35. The fourth-order valence-corrected chi connectivity index (χ4v) is 5.11. The Morgan fingerprint density at radius 1 is 1.00 bits per heavy atom. The number of nitrogens with one attached hydrogen (secondary N) is 1. The summed E-state index contributed by atoms with van der Waals surface area (Å²) in [5.74, 6) is 1.78. The standard InChI is InChI=1S/C25H30N2O3/c28-25(26-21-9-3-7-18-6-1-2-8-20(18)21)17-27-13-4-10-22(27)19-11-12-23-24(16-19)30-15-5-14-29-23/h1-2,6,8,11-12,16,21-22H,3-5,7,9-10,13-15,17H2,(H,26,28). The number of amides is 1. The third-order valence-corrected chi connectivity index (χ3v) is 6.57. The van der Waals surface area contributed by atoms with Gasteiger partial charge in [0.25, 0.3) is 0 Å². The van der Waals surface area contributed by atoms with Crippen molar-refractivity contribution in [3.8, 4) is 11.5 Å². The summed E-state index contributed by atoms with van der Waals surface area (Å²) in [7, 11) is 0. The minimum atomic E-state index is 0.123. The number of carbonyl (C=O) groups excluding carboxylic acids is 1. The minimum absolute atomic E-state index is 0.123. The van der Waals surface area contributed by atoms with Crippen LogP contribution in [-0.4, -0.2) is 37.1 Å². The van der Waals surface area contributed by atoms with Crippen LogP contribution in [-0.2, 0) is 11.2 Å². The highest BCUT2D eigenvalue weighted by Crippen LogP contribution is 2.38. The van der Waals surface area contributed by atoms with Gasteiger partial charge < -0.3 is 14.8 Å². The molecule has 5 rings (SSSR count). The Morgan fingerprint density at radius 3 is 2.80 bits per heavy atom. The summed E-state index contributed by atoms with van der Waals surface area (Å²) in [4.78, 5) is 15.2. The Balaban J connectivity index is 1.26. The molecule has 5 heteroatoms. The number of hydrogen-bond acceptors (Lipinski definition) is 4. The zero-order chi connectivity index (χ0) is 20.3. The van der Waals surface area contributed by atoms with Gasteiger partial charge in [0, 0.05) is 12.5 Å². The molecule has 1 fully saturated rings. The molecule has 0 bridgehead atoms. The number of hydrogen-bond donors (Lipinski definition) is 1. The lowest BCUT2D eigenvalue weighted by molar-refractivity contribution is -0.123. The molecule has 2 aromatic rings. The van der Waals surface area contributed by atoms with Gasteiger partial charge in [-0.3, -0.25) is 9.69 Å². The average Bonchev–Trinajstić information content (AvgIpc) is 3.09. The van der Waals surface area contributed by atoms with Crippen LogP contribution >= 0.6 is 0 Å². The largest absolute Gasteiger partial charge is 0.490 e. The van der Waals surface area contributed by atoms with Crippen molar-refractivity contribution < 1.29 is 14.3 Å². The molecule has 0 aromatic heterocycles. The highest BCUT2D eigenvalue weighted by atomic mass is 16.5. The van der Waals surface area contributed by atoms with Gasteiger partial charge in [0.15, 0.2) is 11.5 Å². The van der Waals surface area contributed by atoms with Gasteiger partial charge in [-0.05, 0) is 67.5 Å². The number of nitrogens with zero attached hydrogens (tertiary/aromatic N) is 1. The van der Waals surface area contributed by atoms with Gasteiger partial charge in [-0.2, -0.15) is 0 Å². The lowest BCUT2D eigenvalue weighted by Gasteiger charge is -2.29. The van der Waals surface area contributed by atoms with Crippen LogP contribution in [0.4, 0.5) is 0 Å². The lowest BCUT2D eigenvalue weighted by atomic mass is 9.88. The van der Waals surface area contributed by atoms with Crippen LogP contribution in [0.1, 0.15) is 60.9 Å². The van der Waals surface area contributed by atoms with Gasteiger partial charge in [0.05, 0.1) is 25.8 Å². The molecule has 3 aliphatic rings. The van der Waals surface area contributed by atoms with E-state index in [0.717, 1.165) is 56.6 Å². The summed E-state index contributed by atoms with van der Waals surface area (Å²) in [5, 5.41) is 3.31. The topological polar surface area (TPSA) is 50.8 Å². The monoisotopic (exact) mass is 406 g/mol. The zero-order valence-electron chi connectivity index (χ0n) is 17.4. The number of ether oxygens (including phenoxy) is 2. The molecule has 2 unspecified atom stereocenters. The molecule has 0 radical (unpaired) electrons. The Morgan fingerprint density at radius 2 is 1.87 bits per heavy atom. The van der Waals surface area contributed by atoms with Crippen LogP contribution in [0.25, 0.3) is 0 Å². The van der Waals surface area contributed by atoms with Crippen molar-refractivity contribution in [3.05, 3.63) is 59.2 Å². The normalized spacial score (nSPS) is 23.5. The first-order valence-corrected chi connectivity index (χ1v) is 11.3. The van der Waals surface area contributed by atoms with Crippen LogP contribution in [0.15, 0.2) is 42.5 Å². The van der Waals surface area contributed by atoms with E-state index in [1.54, 1.807) is 0 Å². The molecule has 0 spiro atoms. The molecule has 158 valence electrons. The first-order valence-electron chi connectivity index (χ1n) is 11.3. The molecule has 1 saturated heterocycles. The SMILES string of the molecule is O=C(CN1CCCC1c1ccc2c(c1)OCCCO2)NC1CCCc2ccccc21. The molecule has 2 aromatic carbocycles. The number of likely N-dealkylation sites (tertiary alicyclic amines) is 1.